The molecule has 2 heterocycles. The van der Waals surface area contributed by atoms with Crippen molar-refractivity contribution in [2.24, 2.45) is 0 Å². The van der Waals surface area contributed by atoms with Crippen molar-refractivity contribution in [2.75, 3.05) is 37.6 Å². The molecular weight excluding hydrogens is 328 g/mol. The van der Waals surface area contributed by atoms with Crippen LogP contribution in [-0.4, -0.2) is 54.4 Å². The Morgan fingerprint density at radius 1 is 1.08 bits per heavy atom. The summed E-state index contributed by atoms with van der Waals surface area (Å²) in [6.07, 6.45) is 2.38. The lowest BCUT2D eigenvalue weighted by molar-refractivity contribution is 0.0746. The van der Waals surface area contributed by atoms with Gasteiger partial charge in [-0.15, -0.1) is 0 Å². The fraction of sp³-hybridized carbons (Fsp3) is 0.350. The number of piperazine rings is 1. The third-order valence-corrected chi connectivity index (χ3v) is 4.46. The molecule has 1 saturated heterocycles. The number of nitrogens with one attached hydrogen (secondary N) is 1. The van der Waals surface area contributed by atoms with Gasteiger partial charge in [-0.25, -0.2) is 0 Å². The van der Waals surface area contributed by atoms with Gasteiger partial charge in [0.25, 0.3) is 11.8 Å². The van der Waals surface area contributed by atoms with Crippen molar-refractivity contribution in [2.45, 2.75) is 13.3 Å². The number of para-hydroxylation sites is 1. The molecule has 0 unspecified atom stereocenters. The number of aromatic nitrogens is 1. The Morgan fingerprint density at radius 2 is 1.81 bits per heavy atom. The van der Waals surface area contributed by atoms with Crippen LogP contribution in [0.1, 0.15) is 34.2 Å². The Labute approximate surface area is 153 Å². The largest absolute Gasteiger partial charge is 0.368 e. The van der Waals surface area contributed by atoms with E-state index in [0.717, 1.165) is 19.5 Å². The molecule has 2 aromatic rings. The quantitative estimate of drug-likeness (QED) is 0.896. The number of hydrogen-bond donors (Lipinski definition) is 1. The van der Waals surface area contributed by atoms with Gasteiger partial charge in [0.15, 0.2) is 0 Å². The zero-order chi connectivity index (χ0) is 18.4. The number of anilines is 1. The van der Waals surface area contributed by atoms with Gasteiger partial charge in [-0.05, 0) is 30.7 Å². The van der Waals surface area contributed by atoms with Crippen molar-refractivity contribution in [1.82, 2.24) is 15.2 Å². The van der Waals surface area contributed by atoms with E-state index in [2.05, 4.69) is 27.3 Å². The number of benzene rings is 1. The second-order valence-electron chi connectivity index (χ2n) is 6.30. The second kappa shape index (κ2) is 8.47. The molecule has 26 heavy (non-hydrogen) atoms. The van der Waals surface area contributed by atoms with Crippen LogP contribution in [0, 0.1) is 0 Å². The lowest BCUT2D eigenvalue weighted by atomic mass is 10.1. The first-order chi connectivity index (χ1) is 12.7. The highest BCUT2D eigenvalue weighted by atomic mass is 16.2. The zero-order valence-corrected chi connectivity index (χ0v) is 15.0. The summed E-state index contributed by atoms with van der Waals surface area (Å²) < 4.78 is 0. The molecule has 2 amide bonds. The molecule has 1 aromatic carbocycles. The van der Waals surface area contributed by atoms with Gasteiger partial charge in [0.2, 0.25) is 0 Å². The molecule has 0 saturated carbocycles. The fourth-order valence-electron chi connectivity index (χ4n) is 3.01. The molecule has 0 atom stereocenters. The molecule has 0 aliphatic carbocycles. The van der Waals surface area contributed by atoms with Crippen LogP contribution in [0.5, 0.6) is 0 Å². The van der Waals surface area contributed by atoms with Crippen molar-refractivity contribution < 1.29 is 9.59 Å². The highest BCUT2D eigenvalue weighted by Crippen LogP contribution is 2.17. The average molecular weight is 352 g/mol. The Bertz CT molecular complexity index is 755. The number of carbonyl (C=O) groups excluding carboxylic acids is 2. The summed E-state index contributed by atoms with van der Waals surface area (Å²) in [5.41, 5.74) is 1.97. The lowest BCUT2D eigenvalue weighted by Crippen LogP contribution is -2.48. The molecule has 6 heteroatoms. The number of nitrogens with zero attached hydrogens (tertiary/aromatic N) is 3. The van der Waals surface area contributed by atoms with Crippen LogP contribution in [-0.2, 0) is 0 Å². The van der Waals surface area contributed by atoms with Crippen LogP contribution < -0.4 is 10.2 Å². The minimum Gasteiger partial charge on any atom is -0.368 e. The number of rotatable bonds is 5. The Balaban J connectivity index is 1.62. The molecule has 0 bridgehead atoms. The molecule has 136 valence electrons. The van der Waals surface area contributed by atoms with Gasteiger partial charge in [0.05, 0.1) is 0 Å². The second-order valence-corrected chi connectivity index (χ2v) is 6.30. The molecule has 0 radical (unpaired) electrons. The molecule has 3 rings (SSSR count). The first-order valence-corrected chi connectivity index (χ1v) is 9.02. The first kappa shape index (κ1) is 17.9. The molecule has 0 spiro atoms. The maximum atomic E-state index is 12.8. The number of hydrogen-bond acceptors (Lipinski definition) is 4. The summed E-state index contributed by atoms with van der Waals surface area (Å²) >= 11 is 0. The normalized spacial score (nSPS) is 14.2. The minimum absolute atomic E-state index is 0.0512. The average Bonchev–Trinajstić information content (AvgIpc) is 2.72. The van der Waals surface area contributed by atoms with Crippen LogP contribution in [0.4, 0.5) is 5.69 Å². The van der Waals surface area contributed by atoms with E-state index in [1.807, 2.05) is 30.0 Å². The van der Waals surface area contributed by atoms with E-state index in [0.29, 0.717) is 25.2 Å². The van der Waals surface area contributed by atoms with Gasteiger partial charge in [0.1, 0.15) is 5.69 Å². The molecule has 1 N–H and O–H groups in total. The van der Waals surface area contributed by atoms with E-state index in [9.17, 15) is 9.59 Å². The molecule has 1 aliphatic rings. The van der Waals surface area contributed by atoms with Crippen molar-refractivity contribution in [3.63, 3.8) is 0 Å². The van der Waals surface area contributed by atoms with E-state index < -0.39 is 0 Å². The molecule has 1 aliphatic heterocycles. The summed E-state index contributed by atoms with van der Waals surface area (Å²) in [5, 5.41) is 2.79. The van der Waals surface area contributed by atoms with E-state index in [1.54, 1.807) is 12.1 Å². The topological polar surface area (TPSA) is 65.5 Å². The van der Waals surface area contributed by atoms with E-state index in [4.69, 9.17) is 0 Å². The molecule has 1 aromatic heterocycles. The van der Waals surface area contributed by atoms with Gasteiger partial charge in [-0.2, -0.15) is 0 Å². The maximum absolute atomic E-state index is 12.8. The van der Waals surface area contributed by atoms with Crippen molar-refractivity contribution in [3.8, 4) is 0 Å². The van der Waals surface area contributed by atoms with Gasteiger partial charge in [-0.1, -0.05) is 25.1 Å². The summed E-state index contributed by atoms with van der Waals surface area (Å²) in [7, 11) is 0. The zero-order valence-electron chi connectivity index (χ0n) is 15.0. The SMILES string of the molecule is CCCNC(=O)c1cc(C(=O)N2CCN(c3ccccc3)CC2)ccn1. The molecule has 1 fully saturated rings. The first-order valence-electron chi connectivity index (χ1n) is 9.02. The monoisotopic (exact) mass is 352 g/mol. The van der Waals surface area contributed by atoms with Crippen LogP contribution in [0.15, 0.2) is 48.7 Å². The summed E-state index contributed by atoms with van der Waals surface area (Å²) in [4.78, 5) is 33.0. The molecular formula is C20H24N4O2. The van der Waals surface area contributed by atoms with Crippen molar-refractivity contribution >= 4 is 17.5 Å². The van der Waals surface area contributed by atoms with Gasteiger partial charge in [0, 0.05) is 50.2 Å². The predicted molar refractivity (Wildman–Crippen MR) is 101 cm³/mol. The van der Waals surface area contributed by atoms with Crippen LogP contribution in [0.3, 0.4) is 0 Å². The summed E-state index contributed by atoms with van der Waals surface area (Å²) in [5.74, 6) is -0.292. The number of carbonyl (C=O) groups is 2. The van der Waals surface area contributed by atoms with Crippen LogP contribution >= 0.6 is 0 Å². The van der Waals surface area contributed by atoms with Gasteiger partial charge in [-0.3, -0.25) is 14.6 Å². The minimum atomic E-state index is -0.240. The van der Waals surface area contributed by atoms with Gasteiger partial charge >= 0.3 is 0 Å². The van der Waals surface area contributed by atoms with E-state index in [1.165, 1.54) is 11.9 Å². The Hall–Kier alpha value is -2.89. The predicted octanol–water partition coefficient (Wildman–Crippen LogP) is 2.18. The van der Waals surface area contributed by atoms with Crippen molar-refractivity contribution in [3.05, 3.63) is 59.9 Å². The van der Waals surface area contributed by atoms with Crippen molar-refractivity contribution in [1.29, 1.82) is 0 Å². The summed E-state index contributed by atoms with van der Waals surface area (Å²) in [6.45, 7) is 5.50. The summed E-state index contributed by atoms with van der Waals surface area (Å²) in [6, 6.07) is 13.5. The number of pyridine rings is 1. The Morgan fingerprint density at radius 3 is 2.50 bits per heavy atom. The number of amides is 2. The lowest BCUT2D eigenvalue weighted by Gasteiger charge is -2.36. The van der Waals surface area contributed by atoms with Crippen LogP contribution in [0.25, 0.3) is 0 Å². The standard InChI is InChI=1S/C20H24N4O2/c1-2-9-22-19(25)18-15-16(8-10-21-18)20(26)24-13-11-23(12-14-24)17-6-4-3-5-7-17/h3-8,10,15H,2,9,11-14H2,1H3,(H,22,25). The van der Waals surface area contributed by atoms with Crippen LogP contribution in [0.2, 0.25) is 0 Å². The third kappa shape index (κ3) is 4.20. The maximum Gasteiger partial charge on any atom is 0.269 e. The van der Waals surface area contributed by atoms with E-state index in [-0.39, 0.29) is 17.5 Å². The van der Waals surface area contributed by atoms with E-state index >= 15 is 0 Å². The highest BCUT2D eigenvalue weighted by molar-refractivity contribution is 5.98. The Kier molecular flexibility index (Phi) is 5.84. The third-order valence-electron chi connectivity index (χ3n) is 4.46. The molecule has 6 nitrogen and oxygen atoms in total. The highest BCUT2D eigenvalue weighted by Gasteiger charge is 2.23. The fourth-order valence-corrected chi connectivity index (χ4v) is 3.01. The van der Waals surface area contributed by atoms with Gasteiger partial charge < -0.3 is 15.1 Å². The smallest absolute Gasteiger partial charge is 0.269 e.